The highest BCUT2D eigenvalue weighted by molar-refractivity contribution is 7.23. The fraction of sp³-hybridized carbons (Fsp3) is 0.560. The average molecular weight is 532 g/mol. The van der Waals surface area contributed by atoms with Crippen molar-refractivity contribution in [1.82, 2.24) is 14.5 Å². The average Bonchev–Trinajstić information content (AvgIpc) is 3.43. The fourth-order valence-corrected chi connectivity index (χ4v) is 6.91. The third-order valence-corrected chi connectivity index (χ3v) is 8.75. The summed E-state index contributed by atoms with van der Waals surface area (Å²) < 4.78 is 34.3. The van der Waals surface area contributed by atoms with Gasteiger partial charge in [-0.05, 0) is 32.8 Å². The number of aliphatic hydroxyl groups is 1. The number of ether oxygens (including phenoxy) is 3. The summed E-state index contributed by atoms with van der Waals surface area (Å²) in [4.78, 5) is 24.7. The van der Waals surface area contributed by atoms with Gasteiger partial charge < -0.3 is 34.1 Å². The van der Waals surface area contributed by atoms with Crippen molar-refractivity contribution >= 4 is 33.1 Å². The van der Waals surface area contributed by atoms with Crippen molar-refractivity contribution in [1.29, 1.82) is 0 Å². The van der Waals surface area contributed by atoms with Gasteiger partial charge in [0.05, 0.1) is 70.9 Å². The monoisotopic (exact) mass is 531 g/mol. The van der Waals surface area contributed by atoms with Crippen LogP contribution in [0, 0.1) is 12.7 Å². The fourth-order valence-electron chi connectivity index (χ4n) is 5.61. The third kappa shape index (κ3) is 4.11. The zero-order chi connectivity index (χ0) is 26.0. The van der Waals surface area contributed by atoms with Crippen LogP contribution in [0.1, 0.15) is 25.8 Å². The van der Waals surface area contributed by atoms with Gasteiger partial charge in [0, 0.05) is 13.2 Å². The van der Waals surface area contributed by atoms with Gasteiger partial charge in [0.25, 0.3) is 5.56 Å². The van der Waals surface area contributed by atoms with Gasteiger partial charge in [-0.3, -0.25) is 4.79 Å². The molecule has 0 unspecified atom stereocenters. The number of aryl methyl sites for hydroxylation is 2. The molecule has 0 amide bonds. The topological polar surface area (TPSA) is 111 Å². The van der Waals surface area contributed by atoms with E-state index in [-0.39, 0.29) is 35.4 Å². The predicted octanol–water partition coefficient (Wildman–Crippen LogP) is 2.40. The zero-order valence-electron chi connectivity index (χ0n) is 21.1. The number of nitrogens with zero attached hydrogens (tertiary/aromatic N) is 4. The van der Waals surface area contributed by atoms with Crippen molar-refractivity contribution in [2.75, 3.05) is 30.0 Å². The molecule has 12 heteroatoms. The number of nitrogens with one attached hydrogen (secondary N) is 1. The SMILES string of the molecule is Cc1c(-c2nc(N[C@@H]3C[C@H]4CO[C@H](O4)[C@H]3O)ncc2F)sc2c(N3[C@@H](C)COC[C@@H]3C)cn(C)c(=O)c12. The molecule has 3 saturated heterocycles. The Hall–Kier alpha value is -2.64. The van der Waals surface area contributed by atoms with E-state index in [1.165, 1.54) is 11.3 Å². The number of aliphatic hydroxyl groups excluding tert-OH is 1. The molecule has 2 bridgehead atoms. The first-order chi connectivity index (χ1) is 17.7. The molecule has 6 heterocycles. The summed E-state index contributed by atoms with van der Waals surface area (Å²) in [6.45, 7) is 7.62. The normalized spacial score (nSPS) is 29.7. The molecular formula is C25H30FN5O5S. The number of hydrogen-bond acceptors (Lipinski definition) is 10. The molecule has 0 spiro atoms. The van der Waals surface area contributed by atoms with E-state index in [1.807, 2.05) is 13.1 Å². The molecule has 6 atom stereocenters. The second-order valence-electron chi connectivity index (χ2n) is 10.2. The van der Waals surface area contributed by atoms with Gasteiger partial charge in [0.2, 0.25) is 5.95 Å². The molecule has 0 radical (unpaired) electrons. The number of aromatic nitrogens is 3. The molecule has 198 valence electrons. The lowest BCUT2D eigenvalue weighted by Crippen LogP contribution is -2.50. The second-order valence-corrected chi connectivity index (χ2v) is 11.2. The molecule has 6 rings (SSSR count). The van der Waals surface area contributed by atoms with Crippen molar-refractivity contribution in [3.8, 4) is 10.6 Å². The number of fused-ring (bicyclic) bond motifs is 3. The van der Waals surface area contributed by atoms with E-state index in [9.17, 15) is 9.90 Å². The Kier molecular flexibility index (Phi) is 6.19. The van der Waals surface area contributed by atoms with Crippen LogP contribution in [0.15, 0.2) is 17.2 Å². The molecule has 3 aromatic rings. The first kappa shape index (κ1) is 24.7. The summed E-state index contributed by atoms with van der Waals surface area (Å²) in [5.41, 5.74) is 1.58. The molecular weight excluding hydrogens is 501 g/mol. The number of thiophene rings is 1. The van der Waals surface area contributed by atoms with Crippen molar-refractivity contribution in [3.05, 3.63) is 34.1 Å². The molecule has 3 aliphatic rings. The van der Waals surface area contributed by atoms with Crippen LogP contribution in [0.3, 0.4) is 0 Å². The van der Waals surface area contributed by atoms with E-state index >= 15 is 4.39 Å². The number of pyridine rings is 1. The Labute approximate surface area is 217 Å². The van der Waals surface area contributed by atoms with Gasteiger partial charge in [-0.25, -0.2) is 14.4 Å². The van der Waals surface area contributed by atoms with Crippen LogP contribution >= 0.6 is 11.3 Å². The number of hydrogen-bond donors (Lipinski definition) is 2. The van der Waals surface area contributed by atoms with E-state index in [2.05, 4.69) is 34.0 Å². The Morgan fingerprint density at radius 1 is 1.24 bits per heavy atom. The lowest BCUT2D eigenvalue weighted by molar-refractivity contribution is -0.156. The second kappa shape index (κ2) is 9.28. The Balaban J connectivity index is 1.43. The van der Waals surface area contributed by atoms with Gasteiger partial charge in [-0.2, -0.15) is 0 Å². The highest BCUT2D eigenvalue weighted by Gasteiger charge is 2.43. The van der Waals surface area contributed by atoms with Crippen molar-refractivity contribution in [2.24, 2.45) is 7.05 Å². The minimum absolute atomic E-state index is 0.115. The number of halogens is 1. The van der Waals surface area contributed by atoms with E-state index in [4.69, 9.17) is 14.2 Å². The van der Waals surface area contributed by atoms with Crippen molar-refractivity contribution < 1.29 is 23.7 Å². The summed E-state index contributed by atoms with van der Waals surface area (Å²) in [7, 11) is 1.74. The van der Waals surface area contributed by atoms with Crippen LogP contribution < -0.4 is 15.8 Å². The standard InChI is InChI=1S/C25H30FN5O5S/c1-11-8-34-9-12(2)31(11)17-7-30(4)23(33)18-13(3)21(37-22(17)18)19-15(26)6-27-25(29-19)28-16-5-14-10-35-24(36-14)20(16)32/h6-7,11-12,14,16,20,24,32H,5,8-10H2,1-4H3,(H,27,28,29)/t11-,12-,14-,16+,20-,24+/m0/s1. The van der Waals surface area contributed by atoms with Crippen LogP contribution in [0.25, 0.3) is 20.7 Å². The predicted molar refractivity (Wildman–Crippen MR) is 138 cm³/mol. The van der Waals surface area contributed by atoms with Crippen LogP contribution in [0.2, 0.25) is 0 Å². The molecule has 10 nitrogen and oxygen atoms in total. The van der Waals surface area contributed by atoms with Gasteiger partial charge in [0.1, 0.15) is 11.8 Å². The van der Waals surface area contributed by atoms with E-state index in [0.717, 1.165) is 16.6 Å². The van der Waals surface area contributed by atoms with E-state index < -0.39 is 24.3 Å². The Bertz CT molecular complexity index is 1400. The van der Waals surface area contributed by atoms with Crippen LogP contribution in [-0.2, 0) is 21.3 Å². The van der Waals surface area contributed by atoms with E-state index in [0.29, 0.717) is 42.1 Å². The largest absolute Gasteiger partial charge is 0.386 e. The van der Waals surface area contributed by atoms with Gasteiger partial charge in [-0.15, -0.1) is 11.3 Å². The highest BCUT2D eigenvalue weighted by Crippen LogP contribution is 2.42. The highest BCUT2D eigenvalue weighted by atomic mass is 32.1. The summed E-state index contributed by atoms with van der Waals surface area (Å²) in [5, 5.41) is 14.3. The Morgan fingerprint density at radius 3 is 2.76 bits per heavy atom. The minimum Gasteiger partial charge on any atom is -0.386 e. The van der Waals surface area contributed by atoms with Crippen molar-refractivity contribution in [3.63, 3.8) is 0 Å². The minimum atomic E-state index is -0.898. The smallest absolute Gasteiger partial charge is 0.259 e. The molecule has 0 saturated carbocycles. The maximum absolute atomic E-state index is 15.2. The first-order valence-corrected chi connectivity index (χ1v) is 13.3. The van der Waals surface area contributed by atoms with E-state index in [1.54, 1.807) is 11.6 Å². The Morgan fingerprint density at radius 2 is 2.00 bits per heavy atom. The molecule has 0 aromatic carbocycles. The summed E-state index contributed by atoms with van der Waals surface area (Å²) in [6.07, 6.45) is 1.79. The molecule has 3 fully saturated rings. The summed E-state index contributed by atoms with van der Waals surface area (Å²) in [6, 6.07) is -0.157. The molecule has 0 aliphatic carbocycles. The van der Waals surface area contributed by atoms with Gasteiger partial charge >= 0.3 is 0 Å². The van der Waals surface area contributed by atoms with Crippen molar-refractivity contribution in [2.45, 2.75) is 63.8 Å². The summed E-state index contributed by atoms with van der Waals surface area (Å²) in [5.74, 6) is -0.384. The lowest BCUT2D eigenvalue weighted by Gasteiger charge is -2.40. The molecule has 3 aliphatic heterocycles. The zero-order valence-corrected chi connectivity index (χ0v) is 21.9. The van der Waals surface area contributed by atoms with Crippen LogP contribution in [0.5, 0.6) is 0 Å². The van der Waals surface area contributed by atoms with Gasteiger partial charge in [0.15, 0.2) is 12.1 Å². The maximum Gasteiger partial charge on any atom is 0.259 e. The first-order valence-electron chi connectivity index (χ1n) is 12.5. The van der Waals surface area contributed by atoms with Crippen LogP contribution in [-0.4, -0.2) is 76.1 Å². The maximum atomic E-state index is 15.2. The third-order valence-electron chi connectivity index (χ3n) is 7.43. The van der Waals surface area contributed by atoms with Gasteiger partial charge in [-0.1, -0.05) is 0 Å². The molecule has 3 aromatic heterocycles. The molecule has 2 N–H and O–H groups in total. The number of rotatable bonds is 4. The quantitative estimate of drug-likeness (QED) is 0.524. The molecule has 37 heavy (non-hydrogen) atoms. The number of morpholine rings is 1. The van der Waals surface area contributed by atoms with Crippen LogP contribution in [0.4, 0.5) is 16.0 Å². The lowest BCUT2D eigenvalue weighted by atomic mass is 10.0. The summed E-state index contributed by atoms with van der Waals surface area (Å²) >= 11 is 1.36. The number of anilines is 2.